The fourth-order valence-corrected chi connectivity index (χ4v) is 3.34. The summed E-state index contributed by atoms with van der Waals surface area (Å²) in [6.45, 7) is 6.48. The molecule has 0 unspecified atom stereocenters. The van der Waals surface area contributed by atoms with Crippen molar-refractivity contribution in [3.63, 3.8) is 0 Å². The lowest BCUT2D eigenvalue weighted by Crippen LogP contribution is -2.41. The number of carbonyl (C=O) groups is 2. The molecule has 2 aromatic rings. The summed E-state index contributed by atoms with van der Waals surface area (Å²) in [5.74, 6) is -0.908. The molecule has 0 bridgehead atoms. The van der Waals surface area contributed by atoms with Crippen molar-refractivity contribution in [2.45, 2.75) is 44.9 Å². The first kappa shape index (κ1) is 18.3. The molecule has 2 heterocycles. The lowest BCUT2D eigenvalue weighted by molar-refractivity contribution is -0.143. The van der Waals surface area contributed by atoms with Crippen molar-refractivity contribution < 1.29 is 19.4 Å². The van der Waals surface area contributed by atoms with Gasteiger partial charge in [0.25, 0.3) is 0 Å². The molecule has 140 valence electrons. The number of aromatic nitrogens is 1. The van der Waals surface area contributed by atoms with E-state index in [0.29, 0.717) is 25.2 Å². The highest BCUT2D eigenvalue weighted by Crippen LogP contribution is 2.28. The number of para-hydroxylation sites is 1. The second kappa shape index (κ2) is 6.99. The maximum Gasteiger partial charge on any atom is 0.407 e. The third-order valence-corrected chi connectivity index (χ3v) is 4.38. The van der Waals surface area contributed by atoms with Gasteiger partial charge in [-0.15, -0.1) is 0 Å². The highest BCUT2D eigenvalue weighted by molar-refractivity contribution is 5.83. The molecule has 3 rings (SSSR count). The number of nitrogens with zero attached hydrogens (tertiary/aromatic N) is 1. The largest absolute Gasteiger partial charge is 0.480 e. The molecule has 0 saturated carbocycles. The Morgan fingerprint density at radius 1 is 1.35 bits per heavy atom. The minimum absolute atomic E-state index is 0.129. The van der Waals surface area contributed by atoms with Crippen LogP contribution in [0.1, 0.15) is 38.9 Å². The summed E-state index contributed by atoms with van der Waals surface area (Å²) in [5, 5.41) is 13.6. The van der Waals surface area contributed by atoms with Crippen LogP contribution in [0.15, 0.2) is 30.3 Å². The average Bonchev–Trinajstić information content (AvgIpc) is 3.12. The molecule has 1 aromatic carbocycles. The minimum Gasteiger partial charge on any atom is -0.480 e. The van der Waals surface area contributed by atoms with Crippen molar-refractivity contribution in [3.05, 3.63) is 36.0 Å². The van der Waals surface area contributed by atoms with Crippen LogP contribution >= 0.6 is 0 Å². The summed E-state index contributed by atoms with van der Waals surface area (Å²) in [6.07, 6.45) is 0.213. The van der Waals surface area contributed by atoms with E-state index in [4.69, 9.17) is 4.74 Å². The summed E-state index contributed by atoms with van der Waals surface area (Å²) in [4.78, 5) is 28.9. The highest BCUT2D eigenvalue weighted by atomic mass is 16.6. The van der Waals surface area contributed by atoms with Crippen molar-refractivity contribution >= 4 is 23.0 Å². The highest BCUT2D eigenvalue weighted by Gasteiger charge is 2.35. The van der Waals surface area contributed by atoms with Crippen LogP contribution < -0.4 is 5.32 Å². The number of benzene rings is 1. The first-order valence-corrected chi connectivity index (χ1v) is 8.77. The van der Waals surface area contributed by atoms with Crippen molar-refractivity contribution in [1.82, 2.24) is 15.2 Å². The van der Waals surface area contributed by atoms with Gasteiger partial charge in [-0.05, 0) is 44.7 Å². The number of ether oxygens (including phenoxy) is 1. The molecular formula is C19H25N3O4. The van der Waals surface area contributed by atoms with Gasteiger partial charge in [0.2, 0.25) is 0 Å². The Labute approximate surface area is 152 Å². The van der Waals surface area contributed by atoms with Gasteiger partial charge in [0.1, 0.15) is 11.6 Å². The van der Waals surface area contributed by atoms with Gasteiger partial charge in [-0.2, -0.15) is 0 Å². The molecule has 7 nitrogen and oxygen atoms in total. The molecule has 1 amide bonds. The first-order valence-electron chi connectivity index (χ1n) is 8.77. The number of nitrogens with one attached hydrogen (secondary N) is 2. The molecule has 1 saturated heterocycles. The number of amides is 1. The lowest BCUT2D eigenvalue weighted by Gasteiger charge is -2.24. The Morgan fingerprint density at radius 3 is 2.73 bits per heavy atom. The van der Waals surface area contributed by atoms with E-state index in [1.165, 1.54) is 0 Å². The zero-order valence-electron chi connectivity index (χ0n) is 15.3. The molecule has 7 heteroatoms. The van der Waals surface area contributed by atoms with Crippen LogP contribution in [0, 0.1) is 0 Å². The normalized spacial score (nSPS) is 19.4. The van der Waals surface area contributed by atoms with E-state index in [2.05, 4.69) is 10.3 Å². The van der Waals surface area contributed by atoms with E-state index in [0.717, 1.165) is 10.9 Å². The zero-order chi connectivity index (χ0) is 18.9. The van der Waals surface area contributed by atoms with Crippen LogP contribution in [0.2, 0.25) is 0 Å². The van der Waals surface area contributed by atoms with E-state index < -0.39 is 23.7 Å². The Balaban J connectivity index is 1.70. The Kier molecular flexibility index (Phi) is 4.91. The van der Waals surface area contributed by atoms with Crippen molar-refractivity contribution in [2.75, 3.05) is 13.1 Å². The standard InChI is InChI=1S/C19H25N3O4/c1-19(2,3)26-18(25)20-13-8-9-22(11-13)16(17(23)24)15-10-12-6-4-5-7-14(12)21-15/h4-7,10,13,16,21H,8-9,11H2,1-3H3,(H,20,25)(H,23,24)/t13-,16-/m0/s1. The van der Waals surface area contributed by atoms with Crippen molar-refractivity contribution in [3.8, 4) is 0 Å². The Morgan fingerprint density at radius 2 is 2.08 bits per heavy atom. The van der Waals surface area contributed by atoms with Crippen LogP contribution in [0.4, 0.5) is 4.79 Å². The van der Waals surface area contributed by atoms with Crippen LogP contribution in [-0.2, 0) is 9.53 Å². The van der Waals surface area contributed by atoms with E-state index >= 15 is 0 Å². The van der Waals surface area contributed by atoms with Crippen molar-refractivity contribution in [1.29, 1.82) is 0 Å². The molecule has 0 spiro atoms. The maximum absolute atomic E-state index is 11.9. The summed E-state index contributed by atoms with van der Waals surface area (Å²) in [7, 11) is 0. The molecule has 3 N–H and O–H groups in total. The predicted octanol–water partition coefficient (Wildman–Crippen LogP) is 2.89. The Bertz CT molecular complexity index is 775. The molecular weight excluding hydrogens is 334 g/mol. The molecule has 1 aromatic heterocycles. The van der Waals surface area contributed by atoms with E-state index in [1.807, 2.05) is 56.0 Å². The number of hydrogen-bond acceptors (Lipinski definition) is 4. The van der Waals surface area contributed by atoms with Gasteiger partial charge >= 0.3 is 12.1 Å². The third-order valence-electron chi connectivity index (χ3n) is 4.38. The predicted molar refractivity (Wildman–Crippen MR) is 98.0 cm³/mol. The summed E-state index contributed by atoms with van der Waals surface area (Å²) in [5.41, 5.74) is 1.00. The number of fused-ring (bicyclic) bond motifs is 1. The summed E-state index contributed by atoms with van der Waals surface area (Å²) in [6, 6.07) is 8.69. The number of aromatic amines is 1. The van der Waals surface area contributed by atoms with Gasteiger partial charge in [-0.1, -0.05) is 18.2 Å². The SMILES string of the molecule is CC(C)(C)OC(=O)N[C@H]1CCN([C@H](C(=O)O)c2cc3ccccc3[nH]2)C1. The van der Waals surface area contributed by atoms with E-state index in [9.17, 15) is 14.7 Å². The quantitative estimate of drug-likeness (QED) is 0.780. The summed E-state index contributed by atoms with van der Waals surface area (Å²) >= 11 is 0. The number of alkyl carbamates (subject to hydrolysis) is 1. The number of carboxylic acids is 1. The van der Waals surface area contributed by atoms with Crippen molar-refractivity contribution in [2.24, 2.45) is 0 Å². The fraction of sp³-hybridized carbons (Fsp3) is 0.474. The lowest BCUT2D eigenvalue weighted by atomic mass is 10.1. The fourth-order valence-electron chi connectivity index (χ4n) is 3.34. The minimum atomic E-state index is -0.908. The average molecular weight is 359 g/mol. The number of carbonyl (C=O) groups excluding carboxylic acids is 1. The van der Waals surface area contributed by atoms with E-state index in [-0.39, 0.29) is 6.04 Å². The van der Waals surface area contributed by atoms with Gasteiger partial charge in [-0.3, -0.25) is 9.69 Å². The van der Waals surface area contributed by atoms with Crippen LogP contribution in [0.3, 0.4) is 0 Å². The van der Waals surface area contributed by atoms with Crippen LogP contribution in [0.25, 0.3) is 10.9 Å². The van der Waals surface area contributed by atoms with Gasteiger partial charge in [-0.25, -0.2) is 4.79 Å². The molecule has 2 atom stereocenters. The van der Waals surface area contributed by atoms with Crippen LogP contribution in [0.5, 0.6) is 0 Å². The summed E-state index contributed by atoms with van der Waals surface area (Å²) < 4.78 is 5.28. The van der Waals surface area contributed by atoms with Crippen LogP contribution in [-0.4, -0.2) is 51.8 Å². The molecule has 0 aliphatic carbocycles. The monoisotopic (exact) mass is 359 g/mol. The number of likely N-dealkylation sites (tertiary alicyclic amines) is 1. The van der Waals surface area contributed by atoms with E-state index in [1.54, 1.807) is 0 Å². The van der Waals surface area contributed by atoms with Gasteiger partial charge in [0.05, 0.1) is 0 Å². The third kappa shape index (κ3) is 4.16. The number of carboxylic acid groups (broad SMARTS) is 1. The van der Waals surface area contributed by atoms with Gasteiger partial charge in [0.15, 0.2) is 0 Å². The molecule has 1 aliphatic rings. The zero-order valence-corrected chi connectivity index (χ0v) is 15.3. The second-order valence-electron chi connectivity index (χ2n) is 7.68. The molecule has 26 heavy (non-hydrogen) atoms. The number of H-pyrrole nitrogens is 1. The molecule has 1 aliphatic heterocycles. The number of rotatable bonds is 4. The topological polar surface area (TPSA) is 94.7 Å². The van der Waals surface area contributed by atoms with Gasteiger partial charge < -0.3 is 20.1 Å². The molecule has 0 radical (unpaired) electrons. The number of aliphatic carboxylic acids is 1. The first-order chi connectivity index (χ1) is 12.2. The Hall–Kier alpha value is -2.54. The second-order valence-corrected chi connectivity index (χ2v) is 7.68. The maximum atomic E-state index is 11.9. The number of hydrogen-bond donors (Lipinski definition) is 3. The van der Waals surface area contributed by atoms with Gasteiger partial charge in [0, 0.05) is 30.3 Å². The smallest absolute Gasteiger partial charge is 0.407 e. The molecule has 1 fully saturated rings.